The minimum absolute atomic E-state index is 0.0880. The summed E-state index contributed by atoms with van der Waals surface area (Å²) in [6.45, 7) is 3.24. The topological polar surface area (TPSA) is 87.7 Å². The number of carbonyl (C=O) groups is 2. The summed E-state index contributed by atoms with van der Waals surface area (Å²) in [5.74, 6) is -1.68. The highest BCUT2D eigenvalue weighted by Crippen LogP contribution is 2.18. The standard InChI is InChI=1S/C19H21FN2O4/c1-12-7-8-14(11-16(12)20)22-18(24)13(2)26-19(25)15-5-3-4-6-17(15)21-9-10-23/h3-8,11,13,21,23H,9-10H2,1-2H3,(H,22,24)/t13-/m1/s1. The molecule has 2 rings (SSSR count). The van der Waals surface area contributed by atoms with Crippen LogP contribution in [-0.2, 0) is 9.53 Å². The van der Waals surface area contributed by atoms with Gasteiger partial charge >= 0.3 is 5.97 Å². The zero-order valence-corrected chi connectivity index (χ0v) is 14.6. The number of para-hydroxylation sites is 1. The fourth-order valence-corrected chi connectivity index (χ4v) is 2.20. The second-order valence-electron chi connectivity index (χ2n) is 5.70. The predicted molar refractivity (Wildman–Crippen MR) is 96.7 cm³/mol. The Morgan fingerprint density at radius 1 is 1.23 bits per heavy atom. The molecule has 0 bridgehead atoms. The number of benzene rings is 2. The van der Waals surface area contributed by atoms with Gasteiger partial charge in [-0.05, 0) is 43.7 Å². The Morgan fingerprint density at radius 3 is 2.65 bits per heavy atom. The van der Waals surface area contributed by atoms with E-state index in [0.717, 1.165) is 0 Å². The number of anilines is 2. The molecule has 0 fully saturated rings. The molecule has 1 amide bonds. The molecule has 0 spiro atoms. The SMILES string of the molecule is Cc1ccc(NC(=O)[C@@H](C)OC(=O)c2ccccc2NCCO)cc1F. The van der Waals surface area contributed by atoms with E-state index in [4.69, 9.17) is 9.84 Å². The van der Waals surface area contributed by atoms with Crippen molar-refractivity contribution in [3.8, 4) is 0 Å². The van der Waals surface area contributed by atoms with Crippen LogP contribution in [0.5, 0.6) is 0 Å². The highest BCUT2D eigenvalue weighted by atomic mass is 19.1. The van der Waals surface area contributed by atoms with E-state index in [1.165, 1.54) is 13.0 Å². The van der Waals surface area contributed by atoms with Crippen LogP contribution >= 0.6 is 0 Å². The normalized spacial score (nSPS) is 11.5. The number of carbonyl (C=O) groups excluding carboxylic acids is 2. The summed E-state index contributed by atoms with van der Waals surface area (Å²) in [5.41, 5.74) is 1.50. The van der Waals surface area contributed by atoms with Crippen molar-refractivity contribution in [3.63, 3.8) is 0 Å². The van der Waals surface area contributed by atoms with Gasteiger partial charge in [-0.25, -0.2) is 9.18 Å². The lowest BCUT2D eigenvalue weighted by Crippen LogP contribution is -2.30. The number of amides is 1. The van der Waals surface area contributed by atoms with Crippen molar-refractivity contribution in [2.75, 3.05) is 23.8 Å². The van der Waals surface area contributed by atoms with Crippen LogP contribution in [0.1, 0.15) is 22.8 Å². The van der Waals surface area contributed by atoms with Crippen LogP contribution in [0.4, 0.5) is 15.8 Å². The number of halogens is 1. The number of ether oxygens (including phenoxy) is 1. The van der Waals surface area contributed by atoms with Gasteiger partial charge in [0.05, 0.1) is 12.2 Å². The predicted octanol–water partition coefficient (Wildman–Crippen LogP) is 2.72. The lowest BCUT2D eigenvalue weighted by Gasteiger charge is -2.15. The molecule has 3 N–H and O–H groups in total. The number of hydrogen-bond acceptors (Lipinski definition) is 5. The average molecular weight is 360 g/mol. The van der Waals surface area contributed by atoms with Crippen LogP contribution in [-0.4, -0.2) is 36.2 Å². The molecule has 0 saturated carbocycles. The summed E-state index contributed by atoms with van der Waals surface area (Å²) >= 11 is 0. The first-order valence-corrected chi connectivity index (χ1v) is 8.14. The molecule has 0 heterocycles. The van der Waals surface area contributed by atoms with E-state index in [1.54, 1.807) is 43.3 Å². The van der Waals surface area contributed by atoms with Crippen LogP contribution in [0.25, 0.3) is 0 Å². The summed E-state index contributed by atoms with van der Waals surface area (Å²) < 4.78 is 18.7. The molecule has 138 valence electrons. The van der Waals surface area contributed by atoms with Crippen molar-refractivity contribution in [1.29, 1.82) is 0 Å². The zero-order valence-electron chi connectivity index (χ0n) is 14.6. The fraction of sp³-hybridized carbons (Fsp3) is 0.263. The van der Waals surface area contributed by atoms with Gasteiger partial charge in [0.1, 0.15) is 5.82 Å². The maximum atomic E-state index is 13.5. The third-order valence-electron chi connectivity index (χ3n) is 3.67. The maximum absolute atomic E-state index is 13.5. The minimum Gasteiger partial charge on any atom is -0.449 e. The van der Waals surface area contributed by atoms with Gasteiger partial charge in [-0.2, -0.15) is 0 Å². The van der Waals surface area contributed by atoms with Gasteiger partial charge in [0.25, 0.3) is 5.91 Å². The van der Waals surface area contributed by atoms with E-state index >= 15 is 0 Å². The smallest absolute Gasteiger partial charge is 0.341 e. The Labute approximate surface area is 151 Å². The van der Waals surface area contributed by atoms with Gasteiger partial charge in [0, 0.05) is 17.9 Å². The zero-order chi connectivity index (χ0) is 19.1. The van der Waals surface area contributed by atoms with Crippen molar-refractivity contribution in [2.45, 2.75) is 20.0 Å². The van der Waals surface area contributed by atoms with Crippen molar-refractivity contribution in [1.82, 2.24) is 0 Å². The summed E-state index contributed by atoms with van der Waals surface area (Å²) in [7, 11) is 0. The van der Waals surface area contributed by atoms with E-state index in [0.29, 0.717) is 11.3 Å². The van der Waals surface area contributed by atoms with Crippen molar-refractivity contribution in [3.05, 3.63) is 59.4 Å². The molecule has 0 radical (unpaired) electrons. The number of nitrogens with one attached hydrogen (secondary N) is 2. The van der Waals surface area contributed by atoms with Crippen LogP contribution in [0.3, 0.4) is 0 Å². The molecular formula is C19H21FN2O4. The highest BCUT2D eigenvalue weighted by molar-refractivity contribution is 5.99. The first-order valence-electron chi connectivity index (χ1n) is 8.14. The largest absolute Gasteiger partial charge is 0.449 e. The molecule has 6 nitrogen and oxygen atoms in total. The molecule has 0 aliphatic heterocycles. The molecule has 0 aromatic heterocycles. The minimum atomic E-state index is -1.07. The van der Waals surface area contributed by atoms with Gasteiger partial charge < -0.3 is 20.5 Å². The number of aliphatic hydroxyl groups excluding tert-OH is 1. The molecule has 1 atom stereocenters. The Kier molecular flexibility index (Phi) is 6.68. The molecule has 0 aliphatic carbocycles. The summed E-state index contributed by atoms with van der Waals surface area (Å²) in [4.78, 5) is 24.5. The number of rotatable bonds is 7. The summed E-state index contributed by atoms with van der Waals surface area (Å²) in [5, 5.41) is 14.3. The van der Waals surface area contributed by atoms with E-state index in [9.17, 15) is 14.0 Å². The van der Waals surface area contributed by atoms with E-state index in [2.05, 4.69) is 10.6 Å². The van der Waals surface area contributed by atoms with Crippen LogP contribution in [0, 0.1) is 12.7 Å². The van der Waals surface area contributed by atoms with Crippen molar-refractivity contribution >= 4 is 23.3 Å². The molecular weight excluding hydrogens is 339 g/mol. The second kappa shape index (κ2) is 8.96. The van der Waals surface area contributed by atoms with Gasteiger partial charge in [0.15, 0.2) is 6.10 Å². The molecule has 0 aliphatic rings. The molecule has 2 aromatic rings. The van der Waals surface area contributed by atoms with Gasteiger partial charge in [-0.1, -0.05) is 18.2 Å². The van der Waals surface area contributed by atoms with Crippen LogP contribution < -0.4 is 10.6 Å². The lowest BCUT2D eigenvalue weighted by molar-refractivity contribution is -0.123. The first-order chi connectivity index (χ1) is 12.4. The van der Waals surface area contributed by atoms with Gasteiger partial charge in [-0.15, -0.1) is 0 Å². The third kappa shape index (κ3) is 5.03. The van der Waals surface area contributed by atoms with Gasteiger partial charge in [0.2, 0.25) is 0 Å². The molecule has 7 heteroatoms. The molecule has 2 aromatic carbocycles. The number of aliphatic hydroxyl groups is 1. The van der Waals surface area contributed by atoms with E-state index in [-0.39, 0.29) is 24.4 Å². The summed E-state index contributed by atoms with van der Waals surface area (Å²) in [6, 6.07) is 11.0. The monoisotopic (exact) mass is 360 g/mol. The Bertz CT molecular complexity index is 795. The quantitative estimate of drug-likeness (QED) is 0.661. The number of hydrogen-bond donors (Lipinski definition) is 3. The number of aryl methyl sites for hydroxylation is 1. The third-order valence-corrected chi connectivity index (χ3v) is 3.67. The Morgan fingerprint density at radius 2 is 1.96 bits per heavy atom. The number of esters is 1. The molecule has 26 heavy (non-hydrogen) atoms. The van der Waals surface area contributed by atoms with Crippen molar-refractivity contribution < 1.29 is 23.8 Å². The highest BCUT2D eigenvalue weighted by Gasteiger charge is 2.21. The van der Waals surface area contributed by atoms with E-state index < -0.39 is 23.8 Å². The second-order valence-corrected chi connectivity index (χ2v) is 5.70. The Hall–Kier alpha value is -2.93. The fourth-order valence-electron chi connectivity index (χ4n) is 2.20. The lowest BCUT2D eigenvalue weighted by atomic mass is 10.1. The molecule has 0 unspecified atom stereocenters. The van der Waals surface area contributed by atoms with Crippen LogP contribution in [0.15, 0.2) is 42.5 Å². The Balaban J connectivity index is 2.02. The summed E-state index contributed by atoms with van der Waals surface area (Å²) in [6.07, 6.45) is -1.07. The first kappa shape index (κ1) is 19.4. The average Bonchev–Trinajstić information content (AvgIpc) is 2.63. The molecule has 0 saturated heterocycles. The van der Waals surface area contributed by atoms with Gasteiger partial charge in [-0.3, -0.25) is 4.79 Å². The van der Waals surface area contributed by atoms with Crippen LogP contribution in [0.2, 0.25) is 0 Å². The maximum Gasteiger partial charge on any atom is 0.341 e. The van der Waals surface area contributed by atoms with Crippen molar-refractivity contribution in [2.24, 2.45) is 0 Å². The van der Waals surface area contributed by atoms with E-state index in [1.807, 2.05) is 0 Å².